The first-order valence-corrected chi connectivity index (χ1v) is 13.8. The highest BCUT2D eigenvalue weighted by molar-refractivity contribution is 5.23. The topological polar surface area (TPSA) is 60.7 Å². The normalized spacial score (nSPS) is 59.7. The van der Waals surface area contributed by atoms with E-state index in [9.17, 15) is 15.3 Å². The Morgan fingerprint density at radius 1 is 0.788 bits per heavy atom. The van der Waals surface area contributed by atoms with Crippen molar-refractivity contribution in [2.45, 2.75) is 118 Å². The summed E-state index contributed by atoms with van der Waals surface area (Å²) in [4.78, 5) is 0. The van der Waals surface area contributed by atoms with Crippen LogP contribution in [0.15, 0.2) is 12.2 Å². The van der Waals surface area contributed by atoms with Gasteiger partial charge >= 0.3 is 0 Å². The van der Waals surface area contributed by atoms with Gasteiger partial charge in [-0.2, -0.15) is 0 Å². The van der Waals surface area contributed by atoms with Crippen LogP contribution in [0.25, 0.3) is 0 Å². The smallest absolute Gasteiger partial charge is 0.0625 e. The van der Waals surface area contributed by atoms with E-state index in [-0.39, 0.29) is 33.5 Å². The first-order chi connectivity index (χ1) is 15.1. The fourth-order valence-electron chi connectivity index (χ4n) is 11.5. The molecule has 3 heteroatoms. The van der Waals surface area contributed by atoms with E-state index < -0.39 is 18.3 Å². The zero-order valence-corrected chi connectivity index (χ0v) is 22.3. The summed E-state index contributed by atoms with van der Waals surface area (Å²) in [7, 11) is 0. The van der Waals surface area contributed by atoms with Crippen molar-refractivity contribution in [1.29, 1.82) is 0 Å². The van der Waals surface area contributed by atoms with Crippen LogP contribution in [0.2, 0.25) is 0 Å². The molecule has 0 bridgehead atoms. The zero-order chi connectivity index (χ0) is 24.4. The van der Waals surface area contributed by atoms with Gasteiger partial charge in [-0.05, 0) is 103 Å². The lowest BCUT2D eigenvalue weighted by Gasteiger charge is -2.74. The van der Waals surface area contributed by atoms with Gasteiger partial charge in [0.1, 0.15) is 0 Å². The molecule has 5 fully saturated rings. The van der Waals surface area contributed by atoms with Gasteiger partial charge in [0.15, 0.2) is 0 Å². The molecule has 0 aromatic rings. The van der Waals surface area contributed by atoms with E-state index in [2.05, 4.69) is 55.0 Å². The van der Waals surface area contributed by atoms with Gasteiger partial charge in [0.05, 0.1) is 18.3 Å². The summed E-state index contributed by atoms with van der Waals surface area (Å²) in [6.07, 6.45) is 7.03. The molecule has 5 saturated carbocycles. The van der Waals surface area contributed by atoms with Crippen molar-refractivity contribution in [3.05, 3.63) is 12.2 Å². The third kappa shape index (κ3) is 2.80. The fourth-order valence-corrected chi connectivity index (χ4v) is 11.5. The summed E-state index contributed by atoms with van der Waals surface area (Å²) in [5.41, 5.74) is 1.25. The summed E-state index contributed by atoms with van der Waals surface area (Å²) >= 11 is 0. The van der Waals surface area contributed by atoms with Gasteiger partial charge in [0.25, 0.3) is 0 Å². The Balaban J connectivity index is 1.61. The molecule has 0 spiro atoms. The second-order valence-electron chi connectivity index (χ2n) is 14.9. The minimum Gasteiger partial charge on any atom is -0.393 e. The fraction of sp³-hybridized carbons (Fsp3) is 0.933. The summed E-state index contributed by atoms with van der Waals surface area (Å²) in [5.74, 6) is 1.99. The molecule has 5 aliphatic rings. The average Bonchev–Trinajstić information content (AvgIpc) is 3.06. The standard InChI is InChI=1S/C30H50O3/c1-17(2)18-9-11-27(5)13-14-28(6)19(24(18)27)15-20(31)25-29(28,7)12-10-21-26(3,4)22(32)16-23(33)30(21,25)8/h18-25,31-33H,1,9-16H2,2-8H3/t18-,19+,20+,21-,22-,23+,24-,25-,27+,28+,29+,30+/m0/s1. The first kappa shape index (κ1) is 24.3. The number of aliphatic hydroxyl groups excluding tert-OH is 3. The Morgan fingerprint density at radius 3 is 2.09 bits per heavy atom. The lowest BCUT2D eigenvalue weighted by molar-refractivity contribution is -0.298. The van der Waals surface area contributed by atoms with Gasteiger partial charge in [0, 0.05) is 11.8 Å². The lowest BCUT2D eigenvalue weighted by atomic mass is 9.31. The molecule has 0 aliphatic heterocycles. The molecule has 0 unspecified atom stereocenters. The number of fused-ring (bicyclic) bond motifs is 7. The second kappa shape index (κ2) is 7.10. The van der Waals surface area contributed by atoms with Gasteiger partial charge in [-0.3, -0.25) is 0 Å². The Labute approximate surface area is 202 Å². The van der Waals surface area contributed by atoms with E-state index >= 15 is 0 Å². The zero-order valence-electron chi connectivity index (χ0n) is 22.3. The maximum Gasteiger partial charge on any atom is 0.0625 e. The Kier molecular flexibility index (Phi) is 5.23. The van der Waals surface area contributed by atoms with E-state index in [0.717, 1.165) is 19.3 Å². The van der Waals surface area contributed by atoms with Crippen molar-refractivity contribution in [3.8, 4) is 0 Å². The van der Waals surface area contributed by atoms with Crippen LogP contribution in [0.4, 0.5) is 0 Å². The highest BCUT2D eigenvalue weighted by Gasteiger charge is 2.73. The molecule has 3 N–H and O–H groups in total. The molecule has 33 heavy (non-hydrogen) atoms. The maximum atomic E-state index is 12.0. The molecule has 3 nitrogen and oxygen atoms in total. The molecule has 5 aliphatic carbocycles. The maximum absolute atomic E-state index is 12.0. The van der Waals surface area contributed by atoms with Crippen molar-refractivity contribution in [2.75, 3.05) is 0 Å². The monoisotopic (exact) mass is 458 g/mol. The molecule has 188 valence electrons. The van der Waals surface area contributed by atoms with E-state index in [4.69, 9.17) is 0 Å². The Bertz CT molecular complexity index is 834. The molecular weight excluding hydrogens is 408 g/mol. The average molecular weight is 459 g/mol. The van der Waals surface area contributed by atoms with Crippen molar-refractivity contribution in [1.82, 2.24) is 0 Å². The van der Waals surface area contributed by atoms with Crippen molar-refractivity contribution < 1.29 is 15.3 Å². The number of rotatable bonds is 1. The minimum absolute atomic E-state index is 0.0104. The summed E-state index contributed by atoms with van der Waals surface area (Å²) in [6.45, 7) is 20.9. The molecule has 0 heterocycles. The number of hydrogen-bond donors (Lipinski definition) is 3. The van der Waals surface area contributed by atoms with E-state index in [1.165, 1.54) is 31.3 Å². The van der Waals surface area contributed by atoms with E-state index in [1.807, 2.05) is 0 Å². The molecule has 0 radical (unpaired) electrons. The molecular formula is C30H50O3. The number of hydrogen-bond acceptors (Lipinski definition) is 3. The van der Waals surface area contributed by atoms with Crippen molar-refractivity contribution in [3.63, 3.8) is 0 Å². The molecule has 0 amide bonds. The van der Waals surface area contributed by atoms with Crippen LogP contribution in [0.5, 0.6) is 0 Å². The van der Waals surface area contributed by atoms with Crippen LogP contribution in [0.1, 0.15) is 99.8 Å². The van der Waals surface area contributed by atoms with Crippen LogP contribution in [0, 0.1) is 56.7 Å². The van der Waals surface area contributed by atoms with Gasteiger partial charge < -0.3 is 15.3 Å². The van der Waals surface area contributed by atoms with E-state index in [0.29, 0.717) is 29.6 Å². The van der Waals surface area contributed by atoms with Gasteiger partial charge in [0.2, 0.25) is 0 Å². The largest absolute Gasteiger partial charge is 0.393 e. The first-order valence-electron chi connectivity index (χ1n) is 13.8. The molecule has 5 rings (SSSR count). The van der Waals surface area contributed by atoms with Crippen molar-refractivity contribution >= 4 is 0 Å². The summed E-state index contributed by atoms with van der Waals surface area (Å²) < 4.78 is 0. The SMILES string of the molecule is C=C(C)[C@@H]1CC[C@]2(C)CC[C@]3(C)[C@H](C[C@@H](O)[C@@H]4[C@@]5(C)[C@H](O)C[C@H](O)C(C)(C)[C@@H]5CC[C@]43C)[C@H]12. The quantitative estimate of drug-likeness (QED) is 0.425. The molecule has 12 atom stereocenters. The third-order valence-corrected chi connectivity index (χ3v) is 13.5. The minimum atomic E-state index is -0.562. The second-order valence-corrected chi connectivity index (χ2v) is 14.9. The summed E-state index contributed by atoms with van der Waals surface area (Å²) in [5, 5.41) is 34.5. The van der Waals surface area contributed by atoms with Crippen LogP contribution < -0.4 is 0 Å². The highest BCUT2D eigenvalue weighted by atomic mass is 16.3. The predicted octanol–water partition coefficient (Wildman–Crippen LogP) is 5.97. The third-order valence-electron chi connectivity index (χ3n) is 13.5. The van der Waals surface area contributed by atoms with Crippen LogP contribution >= 0.6 is 0 Å². The number of allylic oxidation sites excluding steroid dienone is 1. The van der Waals surface area contributed by atoms with Gasteiger partial charge in [-0.1, -0.05) is 53.7 Å². The van der Waals surface area contributed by atoms with E-state index in [1.54, 1.807) is 0 Å². The van der Waals surface area contributed by atoms with Crippen LogP contribution in [-0.2, 0) is 0 Å². The van der Waals surface area contributed by atoms with Gasteiger partial charge in [-0.25, -0.2) is 0 Å². The summed E-state index contributed by atoms with van der Waals surface area (Å²) in [6, 6.07) is 0. The van der Waals surface area contributed by atoms with Gasteiger partial charge in [-0.15, -0.1) is 0 Å². The Morgan fingerprint density at radius 2 is 1.45 bits per heavy atom. The molecule has 0 saturated heterocycles. The lowest BCUT2D eigenvalue weighted by Crippen LogP contribution is -2.72. The predicted molar refractivity (Wildman–Crippen MR) is 133 cm³/mol. The highest BCUT2D eigenvalue weighted by Crippen LogP contribution is 2.77. The molecule has 0 aromatic carbocycles. The number of aliphatic hydroxyl groups is 3. The molecule has 0 aromatic heterocycles. The van der Waals surface area contributed by atoms with Crippen molar-refractivity contribution in [2.24, 2.45) is 56.7 Å². The van der Waals surface area contributed by atoms with Crippen LogP contribution in [-0.4, -0.2) is 33.6 Å². The van der Waals surface area contributed by atoms with Crippen LogP contribution in [0.3, 0.4) is 0 Å². The Hall–Kier alpha value is -0.380.